The second kappa shape index (κ2) is 7.29. The fourth-order valence-electron chi connectivity index (χ4n) is 3.72. The van der Waals surface area contributed by atoms with Crippen LogP contribution in [0.5, 0.6) is 5.75 Å². The Balaban J connectivity index is 1.60. The van der Waals surface area contributed by atoms with Crippen molar-refractivity contribution < 1.29 is 13.2 Å². The van der Waals surface area contributed by atoms with Crippen molar-refractivity contribution in [3.05, 3.63) is 54.7 Å². The van der Waals surface area contributed by atoms with E-state index in [2.05, 4.69) is 14.8 Å². The molecule has 1 aliphatic heterocycles. The average Bonchev–Trinajstić information content (AvgIpc) is 2.72. The van der Waals surface area contributed by atoms with Gasteiger partial charge in [0.05, 0.1) is 12.8 Å². The number of fused-ring (bicyclic) bond motifs is 1. The average molecular weight is 398 g/mol. The molecule has 146 valence electrons. The Morgan fingerprint density at radius 2 is 1.61 bits per heavy atom. The van der Waals surface area contributed by atoms with Gasteiger partial charge in [-0.05, 0) is 24.3 Å². The van der Waals surface area contributed by atoms with E-state index in [0.29, 0.717) is 18.8 Å². The molecule has 28 heavy (non-hydrogen) atoms. The minimum Gasteiger partial charge on any atom is -0.494 e. The zero-order valence-electron chi connectivity index (χ0n) is 15.6. The number of pyridine rings is 1. The number of hydrogen-bond acceptors (Lipinski definition) is 6. The van der Waals surface area contributed by atoms with Crippen molar-refractivity contribution >= 4 is 32.3 Å². The predicted molar refractivity (Wildman–Crippen MR) is 111 cm³/mol. The molecule has 0 aliphatic carbocycles. The van der Waals surface area contributed by atoms with Crippen molar-refractivity contribution in [1.29, 1.82) is 0 Å². The highest BCUT2D eigenvalue weighted by atomic mass is 32.2. The zero-order valence-corrected chi connectivity index (χ0v) is 16.4. The number of primary sulfonamides is 1. The molecular formula is C20H22N4O3S. The van der Waals surface area contributed by atoms with Gasteiger partial charge in [-0.15, -0.1) is 0 Å². The minimum absolute atomic E-state index is 0.169. The molecule has 0 amide bonds. The summed E-state index contributed by atoms with van der Waals surface area (Å²) in [5, 5.41) is 6.43. The van der Waals surface area contributed by atoms with E-state index in [1.165, 1.54) is 0 Å². The summed E-state index contributed by atoms with van der Waals surface area (Å²) in [4.78, 5) is 9.00. The van der Waals surface area contributed by atoms with E-state index in [1.54, 1.807) is 25.4 Å². The first-order chi connectivity index (χ1) is 13.5. The van der Waals surface area contributed by atoms with Crippen LogP contribution in [0, 0.1) is 0 Å². The molecule has 0 unspecified atom stereocenters. The third-order valence-electron chi connectivity index (χ3n) is 5.06. The maximum absolute atomic E-state index is 11.9. The van der Waals surface area contributed by atoms with Gasteiger partial charge in [0, 0.05) is 43.4 Å². The number of hydrogen-bond donors (Lipinski definition) is 1. The smallest absolute Gasteiger partial charge is 0.240 e. The quantitative estimate of drug-likeness (QED) is 0.725. The third kappa shape index (κ3) is 3.36. The normalized spacial score (nSPS) is 15.1. The third-order valence-corrected chi connectivity index (χ3v) is 6.02. The van der Waals surface area contributed by atoms with Gasteiger partial charge in [0.25, 0.3) is 0 Å². The molecule has 0 atom stereocenters. The topological polar surface area (TPSA) is 88.8 Å². The molecule has 3 aromatic rings. The van der Waals surface area contributed by atoms with Crippen molar-refractivity contribution in [3.8, 4) is 5.75 Å². The number of benzene rings is 2. The van der Waals surface area contributed by atoms with Crippen LogP contribution < -0.4 is 19.7 Å². The first-order valence-electron chi connectivity index (χ1n) is 9.02. The highest BCUT2D eigenvalue weighted by molar-refractivity contribution is 7.89. The van der Waals surface area contributed by atoms with Crippen molar-refractivity contribution in [3.63, 3.8) is 0 Å². The molecular weight excluding hydrogens is 376 g/mol. The standard InChI is InChI=1S/C20H22N4O3S/c1-27-18-7-4-5-15-16(9-10-22-20(15)18)23-11-13-24(14-12-23)17-6-2-3-8-19(17)28(21,25)26/h2-10H,11-14H2,1H3,(H2,21,25,26). The van der Waals surface area contributed by atoms with Gasteiger partial charge in [-0.2, -0.15) is 0 Å². The molecule has 1 aliphatic rings. The first kappa shape index (κ1) is 18.5. The van der Waals surface area contributed by atoms with E-state index in [9.17, 15) is 8.42 Å². The second-order valence-corrected chi connectivity index (χ2v) is 8.20. The maximum atomic E-state index is 11.9. The maximum Gasteiger partial charge on any atom is 0.240 e. The summed E-state index contributed by atoms with van der Waals surface area (Å²) in [6.07, 6.45) is 1.79. The van der Waals surface area contributed by atoms with E-state index in [4.69, 9.17) is 9.88 Å². The highest BCUT2D eigenvalue weighted by Crippen LogP contribution is 2.32. The van der Waals surface area contributed by atoms with Gasteiger partial charge in [-0.1, -0.05) is 24.3 Å². The van der Waals surface area contributed by atoms with E-state index in [-0.39, 0.29) is 4.90 Å². The Morgan fingerprint density at radius 1 is 0.929 bits per heavy atom. The van der Waals surface area contributed by atoms with Crippen LogP contribution in [-0.4, -0.2) is 46.7 Å². The Kier molecular flexibility index (Phi) is 4.82. The lowest BCUT2D eigenvalue weighted by Crippen LogP contribution is -2.47. The SMILES string of the molecule is COc1cccc2c(N3CCN(c4ccccc4S(N)(=O)=O)CC3)ccnc12. The van der Waals surface area contributed by atoms with Gasteiger partial charge < -0.3 is 14.5 Å². The monoisotopic (exact) mass is 398 g/mol. The molecule has 1 aromatic heterocycles. The van der Waals surface area contributed by atoms with Crippen molar-refractivity contribution in [1.82, 2.24) is 4.98 Å². The van der Waals surface area contributed by atoms with Crippen LogP contribution in [0.25, 0.3) is 10.9 Å². The van der Waals surface area contributed by atoms with Gasteiger partial charge in [-0.3, -0.25) is 4.98 Å². The second-order valence-electron chi connectivity index (χ2n) is 6.67. The molecule has 4 rings (SSSR count). The Morgan fingerprint density at radius 3 is 2.29 bits per heavy atom. The highest BCUT2D eigenvalue weighted by Gasteiger charge is 2.23. The molecule has 0 bridgehead atoms. The molecule has 1 fully saturated rings. The van der Waals surface area contributed by atoms with Crippen molar-refractivity contribution in [2.75, 3.05) is 43.1 Å². The summed E-state index contributed by atoms with van der Waals surface area (Å²) >= 11 is 0. The van der Waals surface area contributed by atoms with Crippen molar-refractivity contribution in [2.45, 2.75) is 4.90 Å². The molecule has 2 aromatic carbocycles. The van der Waals surface area contributed by atoms with E-state index in [0.717, 1.165) is 35.4 Å². The lowest BCUT2D eigenvalue weighted by atomic mass is 10.1. The van der Waals surface area contributed by atoms with E-state index in [1.807, 2.05) is 36.4 Å². The summed E-state index contributed by atoms with van der Waals surface area (Å²) in [5.41, 5.74) is 2.60. The Labute approximate surface area is 164 Å². The Hall–Kier alpha value is -2.84. The predicted octanol–water partition coefficient (Wildman–Crippen LogP) is 2.22. The number of rotatable bonds is 4. The van der Waals surface area contributed by atoms with Gasteiger partial charge in [0.2, 0.25) is 10.0 Å². The number of nitrogens with two attached hydrogens (primary N) is 1. The number of piperazine rings is 1. The summed E-state index contributed by atoms with van der Waals surface area (Å²) in [7, 11) is -2.12. The number of nitrogens with zero attached hydrogens (tertiary/aromatic N) is 3. The molecule has 7 nitrogen and oxygen atoms in total. The van der Waals surface area contributed by atoms with E-state index >= 15 is 0 Å². The van der Waals surface area contributed by atoms with Crippen LogP contribution in [0.4, 0.5) is 11.4 Å². The summed E-state index contributed by atoms with van der Waals surface area (Å²) in [5.74, 6) is 0.750. The van der Waals surface area contributed by atoms with Crippen LogP contribution >= 0.6 is 0 Å². The molecule has 0 spiro atoms. The molecule has 2 heterocycles. The van der Waals surface area contributed by atoms with E-state index < -0.39 is 10.0 Å². The minimum atomic E-state index is -3.76. The van der Waals surface area contributed by atoms with Crippen molar-refractivity contribution in [2.24, 2.45) is 5.14 Å². The number of sulfonamides is 1. The molecule has 1 saturated heterocycles. The van der Waals surface area contributed by atoms with Crippen LogP contribution in [-0.2, 0) is 10.0 Å². The fourth-order valence-corrected chi connectivity index (χ4v) is 4.48. The van der Waals surface area contributed by atoms with Gasteiger partial charge in [0.1, 0.15) is 16.2 Å². The van der Waals surface area contributed by atoms with Crippen LogP contribution in [0.3, 0.4) is 0 Å². The molecule has 2 N–H and O–H groups in total. The summed E-state index contributed by atoms with van der Waals surface area (Å²) < 4.78 is 29.3. The van der Waals surface area contributed by atoms with Gasteiger partial charge in [-0.25, -0.2) is 13.6 Å². The van der Waals surface area contributed by atoms with Crippen LogP contribution in [0.2, 0.25) is 0 Å². The Bertz CT molecular complexity index is 1110. The van der Waals surface area contributed by atoms with Gasteiger partial charge in [0.15, 0.2) is 0 Å². The number of anilines is 2. The number of methoxy groups -OCH3 is 1. The molecule has 8 heteroatoms. The van der Waals surface area contributed by atoms with Gasteiger partial charge >= 0.3 is 0 Å². The lowest BCUT2D eigenvalue weighted by Gasteiger charge is -2.38. The largest absolute Gasteiger partial charge is 0.494 e. The number of ether oxygens (including phenoxy) is 1. The number of aromatic nitrogens is 1. The molecule has 0 saturated carbocycles. The fraction of sp³-hybridized carbons (Fsp3) is 0.250. The van der Waals surface area contributed by atoms with Crippen LogP contribution in [0.1, 0.15) is 0 Å². The zero-order chi connectivity index (χ0) is 19.7. The first-order valence-corrected chi connectivity index (χ1v) is 10.6. The summed E-state index contributed by atoms with van der Waals surface area (Å²) in [6.45, 7) is 2.91. The lowest BCUT2D eigenvalue weighted by molar-refractivity contribution is 0.419. The molecule has 0 radical (unpaired) electrons. The van der Waals surface area contributed by atoms with Crippen LogP contribution in [0.15, 0.2) is 59.6 Å². The number of para-hydroxylation sites is 2. The summed E-state index contributed by atoms with van der Waals surface area (Å²) in [6, 6.07) is 14.8.